The number of hydrogen-bond donors (Lipinski definition) is 2. The fourth-order valence-corrected chi connectivity index (χ4v) is 3.69. The van der Waals surface area contributed by atoms with Gasteiger partial charge in [0.25, 0.3) is 0 Å². The summed E-state index contributed by atoms with van der Waals surface area (Å²) in [5.41, 5.74) is 1.32. The average molecular weight is 471 g/mol. The zero-order valence-corrected chi connectivity index (χ0v) is 19.1. The minimum Gasteiger partial charge on any atom is -0.497 e. The minimum absolute atomic E-state index is 0.0322. The van der Waals surface area contributed by atoms with Crippen LogP contribution in [0.15, 0.2) is 34.0 Å². The van der Waals surface area contributed by atoms with Crippen molar-refractivity contribution in [3.05, 3.63) is 34.6 Å². The molecule has 2 rings (SSSR count). The standard InChI is InChI=1S/C21H28ClFN4O5/c1-5-16(20(22)24-2)25-11-19(28)26-17-6-7-27(12-18(17)31-4)14-8-13(21(29)32-23)9-15(10-14)30-3/h8-10,17-18,25H,2,5-7,11-12H2,1,3-4H3,(H,26,28)/b20-16-/t17-,18+/m1/s1. The topological polar surface area (TPSA) is 101 Å². The van der Waals surface area contributed by atoms with E-state index in [2.05, 4.69) is 27.3 Å². The van der Waals surface area contributed by atoms with Crippen molar-refractivity contribution < 1.29 is 28.5 Å². The number of piperidine rings is 1. The van der Waals surface area contributed by atoms with Crippen LogP contribution in [0.5, 0.6) is 5.75 Å². The number of amides is 1. The van der Waals surface area contributed by atoms with Gasteiger partial charge in [-0.25, -0.2) is 9.74 Å². The number of nitrogens with one attached hydrogen (secondary N) is 2. The number of hydrogen-bond acceptors (Lipinski definition) is 8. The second-order valence-corrected chi connectivity index (χ2v) is 7.46. The molecule has 9 nitrogen and oxygen atoms in total. The number of halogens is 2. The van der Waals surface area contributed by atoms with Gasteiger partial charge >= 0.3 is 5.97 Å². The zero-order valence-electron chi connectivity index (χ0n) is 18.3. The average Bonchev–Trinajstić information content (AvgIpc) is 2.83. The SMILES string of the molecule is C=N/C(Cl)=C(/CC)NCC(=O)N[C@@H]1CCN(c2cc(OC)cc(C(=O)OF)c2)C[C@@H]1OC. The van der Waals surface area contributed by atoms with Gasteiger partial charge in [0.1, 0.15) is 10.9 Å². The van der Waals surface area contributed by atoms with Crippen molar-refractivity contribution in [2.75, 3.05) is 38.8 Å². The summed E-state index contributed by atoms with van der Waals surface area (Å²) in [6.45, 7) is 6.32. The lowest BCUT2D eigenvalue weighted by atomic mass is 10.00. The van der Waals surface area contributed by atoms with E-state index in [-0.39, 0.29) is 35.3 Å². The van der Waals surface area contributed by atoms with Crippen LogP contribution < -0.4 is 20.3 Å². The van der Waals surface area contributed by atoms with Crippen LogP contribution in [0, 0.1) is 0 Å². The fraction of sp³-hybridized carbons (Fsp3) is 0.476. The molecule has 1 heterocycles. The summed E-state index contributed by atoms with van der Waals surface area (Å²) < 4.78 is 23.2. The fourth-order valence-electron chi connectivity index (χ4n) is 3.49. The number of ether oxygens (including phenoxy) is 2. The van der Waals surface area contributed by atoms with E-state index in [1.807, 2.05) is 11.8 Å². The minimum atomic E-state index is -1.10. The van der Waals surface area contributed by atoms with Crippen molar-refractivity contribution in [3.63, 3.8) is 0 Å². The van der Waals surface area contributed by atoms with E-state index in [0.29, 0.717) is 43.1 Å². The lowest BCUT2D eigenvalue weighted by Gasteiger charge is -2.39. The van der Waals surface area contributed by atoms with Crippen molar-refractivity contribution in [2.45, 2.75) is 31.9 Å². The maximum absolute atomic E-state index is 12.4. The second-order valence-electron chi connectivity index (χ2n) is 7.10. The van der Waals surface area contributed by atoms with Gasteiger partial charge in [0.2, 0.25) is 5.91 Å². The number of carbonyl (C=O) groups excluding carboxylic acids is 2. The van der Waals surface area contributed by atoms with Crippen molar-refractivity contribution >= 4 is 35.9 Å². The predicted octanol–water partition coefficient (Wildman–Crippen LogP) is 2.55. The molecule has 2 N–H and O–H groups in total. The quantitative estimate of drug-likeness (QED) is 0.400. The highest BCUT2D eigenvalue weighted by Crippen LogP contribution is 2.28. The maximum Gasteiger partial charge on any atom is 0.379 e. The Morgan fingerprint density at radius 3 is 2.69 bits per heavy atom. The Kier molecular flexibility index (Phi) is 9.73. The molecule has 0 radical (unpaired) electrons. The number of carbonyl (C=O) groups is 2. The predicted molar refractivity (Wildman–Crippen MR) is 120 cm³/mol. The molecule has 1 aliphatic rings. The summed E-state index contributed by atoms with van der Waals surface area (Å²) in [5, 5.41) is 6.18. The van der Waals surface area contributed by atoms with E-state index in [9.17, 15) is 14.1 Å². The monoisotopic (exact) mass is 470 g/mol. The molecule has 1 aromatic rings. The highest BCUT2D eigenvalue weighted by atomic mass is 35.5. The van der Waals surface area contributed by atoms with Gasteiger partial charge in [-0.1, -0.05) is 18.5 Å². The highest BCUT2D eigenvalue weighted by Gasteiger charge is 2.31. The zero-order chi connectivity index (χ0) is 23.7. The van der Waals surface area contributed by atoms with Gasteiger partial charge < -0.3 is 25.0 Å². The molecule has 176 valence electrons. The smallest absolute Gasteiger partial charge is 0.379 e. The van der Waals surface area contributed by atoms with E-state index in [0.717, 1.165) is 0 Å². The normalized spacial score (nSPS) is 19.0. The van der Waals surface area contributed by atoms with Crippen molar-refractivity contribution in [1.29, 1.82) is 0 Å². The molecular formula is C21H28ClFN4O5. The van der Waals surface area contributed by atoms with Gasteiger partial charge in [-0.3, -0.25) is 9.79 Å². The number of rotatable bonds is 10. The Morgan fingerprint density at radius 2 is 2.09 bits per heavy atom. The van der Waals surface area contributed by atoms with E-state index in [1.54, 1.807) is 13.2 Å². The molecular weight excluding hydrogens is 443 g/mol. The highest BCUT2D eigenvalue weighted by molar-refractivity contribution is 6.29. The van der Waals surface area contributed by atoms with Gasteiger partial charge in [-0.15, -0.1) is 0 Å². The van der Waals surface area contributed by atoms with Crippen molar-refractivity contribution in [2.24, 2.45) is 4.99 Å². The van der Waals surface area contributed by atoms with Crippen LogP contribution in [0.4, 0.5) is 10.2 Å². The molecule has 1 aromatic carbocycles. The van der Waals surface area contributed by atoms with Crippen LogP contribution in [0.2, 0.25) is 0 Å². The first-order valence-electron chi connectivity index (χ1n) is 10.0. The van der Waals surface area contributed by atoms with Gasteiger partial charge in [-0.2, -0.15) is 0 Å². The first-order valence-corrected chi connectivity index (χ1v) is 10.4. The first-order chi connectivity index (χ1) is 15.4. The van der Waals surface area contributed by atoms with E-state index in [1.165, 1.54) is 19.2 Å². The van der Waals surface area contributed by atoms with E-state index < -0.39 is 5.97 Å². The van der Waals surface area contributed by atoms with Crippen LogP contribution in [-0.4, -0.2) is 64.6 Å². The molecule has 0 aromatic heterocycles. The number of anilines is 1. The Labute approximate surface area is 191 Å². The van der Waals surface area contributed by atoms with Crippen LogP contribution in [0.1, 0.15) is 30.1 Å². The maximum atomic E-state index is 12.4. The van der Waals surface area contributed by atoms with Crippen LogP contribution in [-0.2, 0) is 14.5 Å². The Bertz CT molecular complexity index is 867. The van der Waals surface area contributed by atoms with Crippen LogP contribution in [0.3, 0.4) is 0 Å². The van der Waals surface area contributed by atoms with Gasteiger partial charge in [0.05, 0.1) is 31.4 Å². The first kappa shape index (κ1) is 25.4. The number of aliphatic imine (C=N–C) groups is 1. The summed E-state index contributed by atoms with van der Waals surface area (Å²) >= 11 is 5.96. The molecule has 1 amide bonds. The molecule has 0 bridgehead atoms. The summed E-state index contributed by atoms with van der Waals surface area (Å²) in [5.74, 6) is -0.916. The van der Waals surface area contributed by atoms with Crippen molar-refractivity contribution in [3.8, 4) is 5.75 Å². The third-order valence-electron chi connectivity index (χ3n) is 5.21. The van der Waals surface area contributed by atoms with Crippen molar-refractivity contribution in [1.82, 2.24) is 10.6 Å². The molecule has 1 fully saturated rings. The van der Waals surface area contributed by atoms with E-state index in [4.69, 9.17) is 21.1 Å². The Balaban J connectivity index is 2.05. The third-order valence-corrected chi connectivity index (χ3v) is 5.56. The van der Waals surface area contributed by atoms with Gasteiger partial charge in [0, 0.05) is 42.2 Å². The lowest BCUT2D eigenvalue weighted by molar-refractivity contribution is -0.122. The number of allylic oxidation sites excluding steroid dienone is 1. The summed E-state index contributed by atoms with van der Waals surface area (Å²) in [7, 11) is 3.02. The molecule has 0 aliphatic carbocycles. The molecule has 1 aliphatic heterocycles. The largest absolute Gasteiger partial charge is 0.497 e. The molecule has 1 saturated heterocycles. The Morgan fingerprint density at radius 1 is 1.34 bits per heavy atom. The molecule has 32 heavy (non-hydrogen) atoms. The second kappa shape index (κ2) is 12.3. The van der Waals surface area contributed by atoms with Crippen LogP contribution in [0.25, 0.3) is 0 Å². The summed E-state index contributed by atoms with van der Waals surface area (Å²) in [6, 6.07) is 4.44. The molecule has 2 atom stereocenters. The van der Waals surface area contributed by atoms with E-state index >= 15 is 0 Å². The van der Waals surface area contributed by atoms with Crippen LogP contribution >= 0.6 is 11.6 Å². The molecule has 0 unspecified atom stereocenters. The molecule has 11 heteroatoms. The number of methoxy groups -OCH3 is 2. The number of benzene rings is 1. The Hall–Kier alpha value is -2.85. The van der Waals surface area contributed by atoms with Gasteiger partial charge in [-0.05, 0) is 31.7 Å². The summed E-state index contributed by atoms with van der Waals surface area (Å²) in [6.07, 6.45) is 0.869. The molecule has 0 saturated carbocycles. The lowest BCUT2D eigenvalue weighted by Crippen LogP contribution is -2.56. The molecule has 0 spiro atoms. The third kappa shape index (κ3) is 6.57. The summed E-state index contributed by atoms with van der Waals surface area (Å²) in [4.78, 5) is 33.0. The number of nitrogens with zero attached hydrogens (tertiary/aromatic N) is 2. The van der Waals surface area contributed by atoms with Gasteiger partial charge in [0.15, 0.2) is 0 Å².